The van der Waals surface area contributed by atoms with Crippen LogP contribution in [-0.2, 0) is 29.0 Å². The number of fused-ring (bicyclic) bond motifs is 1. The van der Waals surface area contributed by atoms with Crippen molar-refractivity contribution < 1.29 is 14.7 Å². The summed E-state index contributed by atoms with van der Waals surface area (Å²) in [6, 6.07) is 16.3. The van der Waals surface area contributed by atoms with E-state index in [2.05, 4.69) is 10.3 Å². The highest BCUT2D eigenvalue weighted by Gasteiger charge is 2.34. The van der Waals surface area contributed by atoms with Crippen molar-refractivity contribution in [3.05, 3.63) is 77.1 Å². The maximum absolute atomic E-state index is 13.0. The van der Waals surface area contributed by atoms with Crippen molar-refractivity contribution >= 4 is 11.9 Å². The molecular formula is C21H20N4O3. The molecule has 28 heavy (non-hydrogen) atoms. The number of aromatic nitrogens is 3. The Morgan fingerprint density at radius 1 is 1.07 bits per heavy atom. The highest BCUT2D eigenvalue weighted by atomic mass is 16.4. The smallest absolute Gasteiger partial charge is 0.326 e. The Hall–Kier alpha value is -3.48. The van der Waals surface area contributed by atoms with Gasteiger partial charge in [-0.1, -0.05) is 47.7 Å². The number of rotatable bonds is 4. The molecule has 1 aliphatic heterocycles. The van der Waals surface area contributed by atoms with Crippen LogP contribution in [0.5, 0.6) is 0 Å². The molecule has 1 unspecified atom stereocenters. The molecule has 1 N–H and O–H groups in total. The summed E-state index contributed by atoms with van der Waals surface area (Å²) in [6.07, 6.45) is 0.331. The standard InChI is InChI=1S/C21H20N4O3/c1-14-18(22-23-25(14)17-9-3-2-4-10-17)12-20(26)24-13-16-8-6-5-7-15(16)11-19(24)21(27)28/h2-10,19H,11-13H2,1H3,(H,27,28). The van der Waals surface area contributed by atoms with Gasteiger partial charge in [0, 0.05) is 13.0 Å². The highest BCUT2D eigenvalue weighted by Crippen LogP contribution is 2.24. The molecule has 2 heterocycles. The van der Waals surface area contributed by atoms with Gasteiger partial charge in [0.05, 0.1) is 23.5 Å². The number of hydrogen-bond acceptors (Lipinski definition) is 4. The molecule has 0 saturated carbocycles. The fraction of sp³-hybridized carbons (Fsp3) is 0.238. The number of carbonyl (C=O) groups excluding carboxylic acids is 1. The number of benzene rings is 2. The first kappa shape index (κ1) is 17.9. The van der Waals surface area contributed by atoms with Crippen LogP contribution in [-0.4, -0.2) is 42.9 Å². The van der Waals surface area contributed by atoms with Gasteiger partial charge in [0.2, 0.25) is 5.91 Å². The normalized spacial score (nSPS) is 15.9. The number of amides is 1. The molecule has 4 rings (SSSR count). The zero-order valence-electron chi connectivity index (χ0n) is 15.4. The molecule has 1 aliphatic rings. The second kappa shape index (κ2) is 7.26. The Balaban J connectivity index is 1.58. The van der Waals surface area contributed by atoms with Crippen molar-refractivity contribution in [1.29, 1.82) is 0 Å². The van der Waals surface area contributed by atoms with Gasteiger partial charge in [-0.05, 0) is 30.2 Å². The molecule has 0 fully saturated rings. The number of para-hydroxylation sites is 1. The minimum Gasteiger partial charge on any atom is -0.480 e. The summed E-state index contributed by atoms with van der Waals surface area (Å²) in [4.78, 5) is 26.2. The first-order valence-electron chi connectivity index (χ1n) is 9.10. The second-order valence-electron chi connectivity index (χ2n) is 6.89. The van der Waals surface area contributed by atoms with Crippen LogP contribution in [0.25, 0.3) is 5.69 Å². The monoisotopic (exact) mass is 376 g/mol. The molecule has 0 saturated heterocycles. The summed E-state index contributed by atoms with van der Waals surface area (Å²) < 4.78 is 1.68. The Morgan fingerprint density at radius 2 is 1.75 bits per heavy atom. The number of carboxylic acid groups (broad SMARTS) is 1. The van der Waals surface area contributed by atoms with E-state index >= 15 is 0 Å². The zero-order chi connectivity index (χ0) is 19.7. The van der Waals surface area contributed by atoms with Crippen LogP contribution in [0.2, 0.25) is 0 Å². The molecule has 1 atom stereocenters. The summed E-state index contributed by atoms with van der Waals surface area (Å²) in [7, 11) is 0. The SMILES string of the molecule is Cc1c(CC(=O)N2Cc3ccccc3CC2C(=O)O)nnn1-c1ccccc1. The van der Waals surface area contributed by atoms with E-state index in [1.807, 2.05) is 61.5 Å². The van der Waals surface area contributed by atoms with E-state index in [4.69, 9.17) is 0 Å². The lowest BCUT2D eigenvalue weighted by molar-refractivity contribution is -0.151. The number of carboxylic acids is 1. The Bertz CT molecular complexity index is 1030. The average molecular weight is 376 g/mol. The van der Waals surface area contributed by atoms with Crippen LogP contribution >= 0.6 is 0 Å². The fourth-order valence-electron chi connectivity index (χ4n) is 3.59. The predicted octanol–water partition coefficient (Wildman–Crippen LogP) is 2.16. The van der Waals surface area contributed by atoms with Crippen LogP contribution in [0.3, 0.4) is 0 Å². The van der Waals surface area contributed by atoms with E-state index in [-0.39, 0.29) is 18.9 Å². The molecule has 0 aliphatic carbocycles. The quantitative estimate of drug-likeness (QED) is 0.754. The maximum atomic E-state index is 13.0. The van der Waals surface area contributed by atoms with Gasteiger partial charge in [-0.25, -0.2) is 9.48 Å². The van der Waals surface area contributed by atoms with Gasteiger partial charge in [0.25, 0.3) is 0 Å². The summed E-state index contributed by atoms with van der Waals surface area (Å²) in [5.74, 6) is -1.25. The van der Waals surface area contributed by atoms with Crippen LogP contribution in [0, 0.1) is 6.92 Å². The minimum absolute atomic E-state index is 0.0185. The second-order valence-corrected chi connectivity index (χ2v) is 6.89. The van der Waals surface area contributed by atoms with Crippen LogP contribution in [0.4, 0.5) is 0 Å². The molecule has 0 radical (unpaired) electrons. The van der Waals surface area contributed by atoms with Gasteiger partial charge in [-0.2, -0.15) is 0 Å². The lowest BCUT2D eigenvalue weighted by Gasteiger charge is -2.34. The molecular weight excluding hydrogens is 356 g/mol. The Labute approximate surface area is 162 Å². The van der Waals surface area contributed by atoms with Gasteiger partial charge < -0.3 is 10.0 Å². The highest BCUT2D eigenvalue weighted by molar-refractivity contribution is 5.85. The number of hydrogen-bond donors (Lipinski definition) is 1. The lowest BCUT2D eigenvalue weighted by atomic mass is 9.93. The van der Waals surface area contributed by atoms with Crippen LogP contribution < -0.4 is 0 Å². The largest absolute Gasteiger partial charge is 0.480 e. The summed E-state index contributed by atoms with van der Waals surface area (Å²) in [5.41, 5.74) is 4.14. The molecule has 7 heteroatoms. The van der Waals surface area contributed by atoms with E-state index < -0.39 is 12.0 Å². The molecule has 1 aromatic heterocycles. The van der Waals surface area contributed by atoms with E-state index in [1.165, 1.54) is 4.90 Å². The van der Waals surface area contributed by atoms with Crippen LogP contribution in [0.15, 0.2) is 54.6 Å². The van der Waals surface area contributed by atoms with E-state index in [0.29, 0.717) is 12.1 Å². The van der Waals surface area contributed by atoms with Crippen molar-refractivity contribution in [3.8, 4) is 5.69 Å². The van der Waals surface area contributed by atoms with Crippen molar-refractivity contribution in [2.75, 3.05) is 0 Å². The number of aliphatic carboxylic acids is 1. The van der Waals surface area contributed by atoms with Crippen molar-refractivity contribution in [2.45, 2.75) is 32.4 Å². The van der Waals surface area contributed by atoms with Gasteiger partial charge in [0.1, 0.15) is 6.04 Å². The fourth-order valence-corrected chi connectivity index (χ4v) is 3.59. The number of carbonyl (C=O) groups is 2. The molecule has 7 nitrogen and oxygen atoms in total. The number of nitrogens with zero attached hydrogens (tertiary/aromatic N) is 4. The van der Waals surface area contributed by atoms with Crippen molar-refractivity contribution in [3.63, 3.8) is 0 Å². The van der Waals surface area contributed by atoms with Crippen LogP contribution in [0.1, 0.15) is 22.5 Å². The summed E-state index contributed by atoms with van der Waals surface area (Å²) in [6.45, 7) is 2.15. The van der Waals surface area contributed by atoms with E-state index in [0.717, 1.165) is 22.5 Å². The molecule has 0 bridgehead atoms. The summed E-state index contributed by atoms with van der Waals surface area (Å²) in [5, 5.41) is 17.9. The topological polar surface area (TPSA) is 88.3 Å². The molecule has 1 amide bonds. The molecule has 142 valence electrons. The van der Waals surface area contributed by atoms with E-state index in [1.54, 1.807) is 4.68 Å². The average Bonchev–Trinajstić information content (AvgIpc) is 3.07. The first-order valence-corrected chi connectivity index (χ1v) is 9.10. The lowest BCUT2D eigenvalue weighted by Crippen LogP contribution is -2.49. The van der Waals surface area contributed by atoms with E-state index in [9.17, 15) is 14.7 Å². The zero-order valence-corrected chi connectivity index (χ0v) is 15.4. The Morgan fingerprint density at radius 3 is 2.46 bits per heavy atom. The van der Waals surface area contributed by atoms with Gasteiger partial charge >= 0.3 is 5.97 Å². The Kier molecular flexibility index (Phi) is 4.65. The third kappa shape index (κ3) is 3.26. The maximum Gasteiger partial charge on any atom is 0.326 e. The van der Waals surface area contributed by atoms with Gasteiger partial charge in [-0.3, -0.25) is 4.79 Å². The minimum atomic E-state index is -0.993. The van der Waals surface area contributed by atoms with Gasteiger partial charge in [-0.15, -0.1) is 5.10 Å². The third-order valence-corrected chi connectivity index (χ3v) is 5.16. The molecule has 2 aromatic carbocycles. The molecule has 0 spiro atoms. The first-order chi connectivity index (χ1) is 13.5. The predicted molar refractivity (Wildman–Crippen MR) is 102 cm³/mol. The van der Waals surface area contributed by atoms with Gasteiger partial charge in [0.15, 0.2) is 0 Å². The van der Waals surface area contributed by atoms with Crippen molar-refractivity contribution in [1.82, 2.24) is 19.9 Å². The summed E-state index contributed by atoms with van der Waals surface area (Å²) >= 11 is 0. The van der Waals surface area contributed by atoms with Crippen molar-refractivity contribution in [2.24, 2.45) is 0 Å². The molecule has 3 aromatic rings. The third-order valence-electron chi connectivity index (χ3n) is 5.16.